The van der Waals surface area contributed by atoms with Crippen LogP contribution >= 0.6 is 0 Å². The third kappa shape index (κ3) is 8.09. The molecular weight excluding hydrogens is 232 g/mol. The molecule has 0 radical (unpaired) electrons. The standard InChI is InChI=1S/C14H26O4/c1-5-12(10-14(16)18-4)9-11(2)7-6-8-13(15)17-3/h11-12H,5-10H2,1-4H3. The van der Waals surface area contributed by atoms with Crippen LogP contribution in [0.5, 0.6) is 0 Å². The molecule has 2 unspecified atom stereocenters. The molecule has 106 valence electrons. The Balaban J connectivity index is 3.85. The van der Waals surface area contributed by atoms with E-state index in [1.165, 1.54) is 14.2 Å². The van der Waals surface area contributed by atoms with Gasteiger partial charge in [-0.1, -0.05) is 26.7 Å². The molecule has 0 aromatic rings. The Morgan fingerprint density at radius 2 is 1.72 bits per heavy atom. The largest absolute Gasteiger partial charge is 0.469 e. The number of methoxy groups -OCH3 is 2. The van der Waals surface area contributed by atoms with E-state index in [9.17, 15) is 9.59 Å². The van der Waals surface area contributed by atoms with E-state index in [4.69, 9.17) is 4.74 Å². The van der Waals surface area contributed by atoms with Crippen LogP contribution in [0.25, 0.3) is 0 Å². The lowest BCUT2D eigenvalue weighted by atomic mass is 9.88. The van der Waals surface area contributed by atoms with Crippen molar-refractivity contribution in [3.05, 3.63) is 0 Å². The van der Waals surface area contributed by atoms with Gasteiger partial charge in [0.05, 0.1) is 14.2 Å². The number of carbonyl (C=O) groups is 2. The van der Waals surface area contributed by atoms with Crippen molar-refractivity contribution in [2.75, 3.05) is 14.2 Å². The molecule has 0 aromatic heterocycles. The maximum absolute atomic E-state index is 11.2. The van der Waals surface area contributed by atoms with Crippen LogP contribution < -0.4 is 0 Å². The molecule has 0 saturated carbocycles. The summed E-state index contributed by atoms with van der Waals surface area (Å²) in [6.07, 6.45) is 4.81. The van der Waals surface area contributed by atoms with Gasteiger partial charge in [-0.05, 0) is 24.7 Å². The smallest absolute Gasteiger partial charge is 0.305 e. The minimum absolute atomic E-state index is 0.136. The minimum Gasteiger partial charge on any atom is -0.469 e. The highest BCUT2D eigenvalue weighted by atomic mass is 16.5. The molecule has 0 spiro atoms. The monoisotopic (exact) mass is 258 g/mol. The quantitative estimate of drug-likeness (QED) is 0.597. The Morgan fingerprint density at radius 3 is 2.22 bits per heavy atom. The second-order valence-corrected chi connectivity index (χ2v) is 4.86. The third-order valence-electron chi connectivity index (χ3n) is 3.30. The van der Waals surface area contributed by atoms with Gasteiger partial charge in [0, 0.05) is 12.8 Å². The summed E-state index contributed by atoms with van der Waals surface area (Å²) < 4.78 is 9.29. The molecule has 0 bridgehead atoms. The van der Waals surface area contributed by atoms with Crippen LogP contribution in [0, 0.1) is 11.8 Å². The lowest BCUT2D eigenvalue weighted by Gasteiger charge is -2.18. The van der Waals surface area contributed by atoms with E-state index < -0.39 is 0 Å². The molecule has 0 aromatic carbocycles. The van der Waals surface area contributed by atoms with Gasteiger partial charge in [0.2, 0.25) is 0 Å². The van der Waals surface area contributed by atoms with Crippen molar-refractivity contribution in [2.45, 2.75) is 52.4 Å². The highest BCUT2D eigenvalue weighted by Crippen LogP contribution is 2.23. The van der Waals surface area contributed by atoms with Crippen molar-refractivity contribution in [3.8, 4) is 0 Å². The maximum atomic E-state index is 11.2. The Hall–Kier alpha value is -1.06. The summed E-state index contributed by atoms with van der Waals surface area (Å²) in [4.78, 5) is 22.2. The van der Waals surface area contributed by atoms with E-state index in [1.807, 2.05) is 0 Å². The summed E-state index contributed by atoms with van der Waals surface area (Å²) in [5.41, 5.74) is 0. The predicted octanol–water partition coefficient (Wildman–Crippen LogP) is 2.95. The fourth-order valence-electron chi connectivity index (χ4n) is 2.10. The van der Waals surface area contributed by atoms with Crippen molar-refractivity contribution >= 4 is 11.9 Å². The van der Waals surface area contributed by atoms with E-state index >= 15 is 0 Å². The first-order valence-electron chi connectivity index (χ1n) is 6.67. The highest BCUT2D eigenvalue weighted by molar-refractivity contribution is 5.69. The van der Waals surface area contributed by atoms with E-state index in [-0.39, 0.29) is 11.9 Å². The molecular formula is C14H26O4. The Labute approximate surface area is 110 Å². The molecule has 18 heavy (non-hydrogen) atoms. The molecule has 0 heterocycles. The van der Waals surface area contributed by atoms with Gasteiger partial charge in [-0.2, -0.15) is 0 Å². The Morgan fingerprint density at radius 1 is 1.11 bits per heavy atom. The third-order valence-corrected chi connectivity index (χ3v) is 3.30. The summed E-state index contributed by atoms with van der Waals surface area (Å²) in [5, 5.41) is 0. The predicted molar refractivity (Wildman–Crippen MR) is 70.1 cm³/mol. The van der Waals surface area contributed by atoms with Gasteiger partial charge < -0.3 is 9.47 Å². The average Bonchev–Trinajstić information content (AvgIpc) is 2.37. The molecule has 0 aliphatic carbocycles. The molecule has 0 fully saturated rings. The van der Waals surface area contributed by atoms with Crippen LogP contribution in [0.4, 0.5) is 0 Å². The number of ether oxygens (including phenoxy) is 2. The zero-order chi connectivity index (χ0) is 14.0. The van der Waals surface area contributed by atoms with Crippen LogP contribution in [0.3, 0.4) is 0 Å². The van der Waals surface area contributed by atoms with Crippen molar-refractivity contribution in [1.82, 2.24) is 0 Å². The van der Waals surface area contributed by atoms with Crippen LogP contribution in [-0.4, -0.2) is 26.2 Å². The maximum Gasteiger partial charge on any atom is 0.305 e. The van der Waals surface area contributed by atoms with E-state index in [0.29, 0.717) is 24.7 Å². The molecule has 4 nitrogen and oxygen atoms in total. The van der Waals surface area contributed by atoms with Crippen LogP contribution in [0.15, 0.2) is 0 Å². The number of rotatable bonds is 9. The summed E-state index contributed by atoms with van der Waals surface area (Å²) in [5.74, 6) is 0.613. The van der Waals surface area contributed by atoms with E-state index in [2.05, 4.69) is 18.6 Å². The molecule has 0 amide bonds. The van der Waals surface area contributed by atoms with Gasteiger partial charge in [0.15, 0.2) is 0 Å². The fourth-order valence-corrected chi connectivity index (χ4v) is 2.10. The first-order valence-corrected chi connectivity index (χ1v) is 6.67. The highest BCUT2D eigenvalue weighted by Gasteiger charge is 2.16. The molecule has 0 aliphatic rings. The average molecular weight is 258 g/mol. The Bertz CT molecular complexity index is 250. The van der Waals surface area contributed by atoms with Crippen molar-refractivity contribution < 1.29 is 19.1 Å². The van der Waals surface area contributed by atoms with Crippen molar-refractivity contribution in [2.24, 2.45) is 11.8 Å². The van der Waals surface area contributed by atoms with Gasteiger partial charge in [-0.3, -0.25) is 9.59 Å². The SMILES string of the molecule is CCC(CC(=O)OC)CC(C)CCCC(=O)OC. The fraction of sp³-hybridized carbons (Fsp3) is 0.857. The van der Waals surface area contributed by atoms with Crippen molar-refractivity contribution in [1.29, 1.82) is 0 Å². The summed E-state index contributed by atoms with van der Waals surface area (Å²) >= 11 is 0. The second-order valence-electron chi connectivity index (χ2n) is 4.86. The van der Waals surface area contributed by atoms with E-state index in [1.54, 1.807) is 0 Å². The Kier molecular flexibility index (Phi) is 9.33. The van der Waals surface area contributed by atoms with Crippen molar-refractivity contribution in [3.63, 3.8) is 0 Å². The number of hydrogen-bond acceptors (Lipinski definition) is 4. The first kappa shape index (κ1) is 16.9. The first-order chi connectivity index (χ1) is 8.53. The second kappa shape index (κ2) is 9.92. The minimum atomic E-state index is -0.149. The van der Waals surface area contributed by atoms with E-state index in [0.717, 1.165) is 25.7 Å². The topological polar surface area (TPSA) is 52.6 Å². The summed E-state index contributed by atoms with van der Waals surface area (Å²) in [6.45, 7) is 4.26. The summed E-state index contributed by atoms with van der Waals surface area (Å²) in [6, 6.07) is 0. The van der Waals surface area contributed by atoms with Crippen LogP contribution in [0.2, 0.25) is 0 Å². The van der Waals surface area contributed by atoms with Gasteiger partial charge in [-0.15, -0.1) is 0 Å². The zero-order valence-electron chi connectivity index (χ0n) is 12.0. The number of hydrogen-bond donors (Lipinski definition) is 0. The number of carbonyl (C=O) groups excluding carboxylic acids is 2. The molecule has 4 heteroatoms. The molecule has 0 saturated heterocycles. The normalized spacial score (nSPS) is 13.8. The molecule has 0 N–H and O–H groups in total. The van der Waals surface area contributed by atoms with Crippen LogP contribution in [0.1, 0.15) is 52.4 Å². The number of esters is 2. The zero-order valence-corrected chi connectivity index (χ0v) is 12.0. The lowest BCUT2D eigenvalue weighted by Crippen LogP contribution is -2.13. The lowest BCUT2D eigenvalue weighted by molar-refractivity contribution is -0.142. The molecule has 0 aliphatic heterocycles. The molecule has 0 rings (SSSR count). The van der Waals surface area contributed by atoms with Crippen LogP contribution in [-0.2, 0) is 19.1 Å². The summed E-state index contributed by atoms with van der Waals surface area (Å²) in [7, 11) is 2.84. The van der Waals surface area contributed by atoms with Gasteiger partial charge in [0.25, 0.3) is 0 Å². The van der Waals surface area contributed by atoms with Gasteiger partial charge >= 0.3 is 11.9 Å². The van der Waals surface area contributed by atoms with Gasteiger partial charge in [0.1, 0.15) is 0 Å². The molecule has 2 atom stereocenters. The van der Waals surface area contributed by atoms with Gasteiger partial charge in [-0.25, -0.2) is 0 Å².